The molecule has 3 aromatic carbocycles. The molecule has 3 N–H and O–H groups in total. The summed E-state index contributed by atoms with van der Waals surface area (Å²) in [5.74, 6) is 1.29. The van der Waals surface area contributed by atoms with Gasteiger partial charge >= 0.3 is 0 Å². The Morgan fingerprint density at radius 2 is 1.83 bits per heavy atom. The van der Waals surface area contributed by atoms with E-state index in [9.17, 15) is 9.90 Å². The molecule has 7 heteroatoms. The number of anilines is 1. The van der Waals surface area contributed by atoms with Crippen LogP contribution in [0.3, 0.4) is 0 Å². The molecule has 0 unspecified atom stereocenters. The number of aromatic hydroxyl groups is 1. The van der Waals surface area contributed by atoms with Crippen molar-refractivity contribution in [3.63, 3.8) is 0 Å². The second-order valence-electron chi connectivity index (χ2n) is 6.37. The van der Waals surface area contributed by atoms with Gasteiger partial charge in [-0.3, -0.25) is 4.79 Å². The lowest BCUT2D eigenvalue weighted by Gasteiger charge is -2.08. The average Bonchev–Trinajstić information content (AvgIpc) is 3.21. The third-order valence-corrected chi connectivity index (χ3v) is 4.40. The first-order valence-electron chi connectivity index (χ1n) is 9.03. The van der Waals surface area contributed by atoms with Gasteiger partial charge in [-0.2, -0.15) is 5.10 Å². The molecule has 1 amide bonds. The van der Waals surface area contributed by atoms with Crippen LogP contribution in [0.25, 0.3) is 0 Å². The van der Waals surface area contributed by atoms with Gasteiger partial charge in [0.25, 0.3) is 5.91 Å². The molecular weight excluding hydrogens is 370 g/mol. The Morgan fingerprint density at radius 3 is 2.66 bits per heavy atom. The Labute approximate surface area is 167 Å². The molecule has 0 saturated heterocycles. The molecule has 1 heterocycles. The Hall–Kier alpha value is -4.00. The third-order valence-electron chi connectivity index (χ3n) is 4.40. The SMILES string of the molecule is O=C(NN=Cc1ccc2c(c1)OCO2)c1ccc(NCc2ccccc2O)cc1. The van der Waals surface area contributed by atoms with E-state index >= 15 is 0 Å². The number of phenolic OH excluding ortho intramolecular Hbond substituents is 1. The molecular formula is C22H19N3O4. The number of rotatable bonds is 6. The van der Waals surface area contributed by atoms with Crippen LogP contribution in [0.2, 0.25) is 0 Å². The van der Waals surface area contributed by atoms with Gasteiger partial charge in [0.15, 0.2) is 11.5 Å². The Kier molecular flexibility index (Phi) is 5.29. The molecule has 1 aliphatic rings. The smallest absolute Gasteiger partial charge is 0.271 e. The zero-order valence-electron chi connectivity index (χ0n) is 15.5. The molecule has 1 aliphatic heterocycles. The number of hydrazone groups is 1. The molecule has 3 aromatic rings. The van der Waals surface area contributed by atoms with Crippen LogP contribution in [0.1, 0.15) is 21.5 Å². The van der Waals surface area contributed by atoms with E-state index in [0.29, 0.717) is 23.6 Å². The predicted molar refractivity (Wildman–Crippen MR) is 110 cm³/mol. The Balaban J connectivity index is 1.31. The minimum Gasteiger partial charge on any atom is -0.508 e. The number of nitrogens with one attached hydrogen (secondary N) is 2. The van der Waals surface area contributed by atoms with Crippen molar-refractivity contribution in [2.75, 3.05) is 12.1 Å². The molecule has 4 rings (SSSR count). The van der Waals surface area contributed by atoms with Crippen molar-refractivity contribution >= 4 is 17.8 Å². The lowest BCUT2D eigenvalue weighted by Crippen LogP contribution is -2.17. The lowest BCUT2D eigenvalue weighted by molar-refractivity contribution is 0.0955. The van der Waals surface area contributed by atoms with Crippen LogP contribution in [-0.4, -0.2) is 24.0 Å². The molecule has 0 spiro atoms. The maximum Gasteiger partial charge on any atom is 0.271 e. The van der Waals surface area contributed by atoms with Crippen LogP contribution in [0.15, 0.2) is 71.8 Å². The summed E-state index contributed by atoms with van der Waals surface area (Å²) in [6, 6.07) is 19.6. The highest BCUT2D eigenvalue weighted by molar-refractivity contribution is 5.95. The molecule has 29 heavy (non-hydrogen) atoms. The van der Waals surface area contributed by atoms with Crippen molar-refractivity contribution < 1.29 is 19.4 Å². The number of carbonyl (C=O) groups excluding carboxylic acids is 1. The van der Waals surface area contributed by atoms with E-state index in [2.05, 4.69) is 15.8 Å². The fourth-order valence-corrected chi connectivity index (χ4v) is 2.82. The van der Waals surface area contributed by atoms with Gasteiger partial charge in [0.1, 0.15) is 5.75 Å². The zero-order valence-corrected chi connectivity index (χ0v) is 15.5. The van der Waals surface area contributed by atoms with Gasteiger partial charge < -0.3 is 19.9 Å². The zero-order chi connectivity index (χ0) is 20.1. The van der Waals surface area contributed by atoms with Crippen molar-refractivity contribution in [3.8, 4) is 17.2 Å². The normalized spacial score (nSPS) is 12.1. The molecule has 146 valence electrons. The van der Waals surface area contributed by atoms with Gasteiger partial charge in [-0.1, -0.05) is 18.2 Å². The van der Waals surface area contributed by atoms with Gasteiger partial charge in [-0.15, -0.1) is 0 Å². The number of nitrogens with zero attached hydrogens (tertiary/aromatic N) is 1. The van der Waals surface area contributed by atoms with E-state index in [0.717, 1.165) is 16.8 Å². The lowest BCUT2D eigenvalue weighted by atomic mass is 10.1. The number of para-hydroxylation sites is 1. The molecule has 0 radical (unpaired) electrons. The highest BCUT2D eigenvalue weighted by Gasteiger charge is 2.12. The molecule has 0 saturated carbocycles. The molecule has 0 bridgehead atoms. The summed E-state index contributed by atoms with van der Waals surface area (Å²) in [5.41, 5.74) is 5.42. The maximum absolute atomic E-state index is 12.2. The first-order valence-corrected chi connectivity index (χ1v) is 9.03. The number of fused-ring (bicyclic) bond motifs is 1. The number of hydrogen-bond acceptors (Lipinski definition) is 6. The molecule has 7 nitrogen and oxygen atoms in total. The van der Waals surface area contributed by atoms with Crippen LogP contribution in [-0.2, 0) is 6.54 Å². The van der Waals surface area contributed by atoms with Gasteiger partial charge in [-0.25, -0.2) is 5.43 Å². The fraction of sp³-hybridized carbons (Fsp3) is 0.0909. The van der Waals surface area contributed by atoms with Gasteiger partial charge in [-0.05, 0) is 54.1 Å². The number of amides is 1. The third kappa shape index (κ3) is 4.47. The number of ether oxygens (including phenoxy) is 2. The van der Waals surface area contributed by atoms with Gasteiger partial charge in [0.05, 0.1) is 6.21 Å². The van der Waals surface area contributed by atoms with Crippen LogP contribution in [0.4, 0.5) is 5.69 Å². The summed E-state index contributed by atoms with van der Waals surface area (Å²) in [5, 5.41) is 17.0. The van der Waals surface area contributed by atoms with Gasteiger partial charge in [0, 0.05) is 23.4 Å². The Bertz CT molecular complexity index is 1050. The summed E-state index contributed by atoms with van der Waals surface area (Å²) in [6.45, 7) is 0.696. The molecule has 0 aromatic heterocycles. The average molecular weight is 389 g/mol. The van der Waals surface area contributed by atoms with E-state index in [1.54, 1.807) is 54.7 Å². The second kappa shape index (κ2) is 8.35. The van der Waals surface area contributed by atoms with Crippen molar-refractivity contribution in [3.05, 3.63) is 83.4 Å². The van der Waals surface area contributed by atoms with E-state index in [1.165, 1.54) is 0 Å². The largest absolute Gasteiger partial charge is 0.508 e. The maximum atomic E-state index is 12.2. The quantitative estimate of drug-likeness (QED) is 0.443. The Morgan fingerprint density at radius 1 is 1.03 bits per heavy atom. The first kappa shape index (κ1) is 18.4. The van der Waals surface area contributed by atoms with Crippen LogP contribution in [0.5, 0.6) is 17.2 Å². The number of hydrogen-bond donors (Lipinski definition) is 3. The van der Waals surface area contributed by atoms with Crippen LogP contribution < -0.4 is 20.2 Å². The minimum atomic E-state index is -0.311. The molecule has 0 fully saturated rings. The highest BCUT2D eigenvalue weighted by atomic mass is 16.7. The number of carbonyl (C=O) groups is 1. The van der Waals surface area contributed by atoms with Crippen molar-refractivity contribution in [2.24, 2.45) is 5.10 Å². The van der Waals surface area contributed by atoms with Crippen LogP contribution >= 0.6 is 0 Å². The predicted octanol–water partition coefficient (Wildman–Crippen LogP) is 3.50. The number of benzene rings is 3. The number of phenols is 1. The van der Waals surface area contributed by atoms with Gasteiger partial charge in [0.2, 0.25) is 6.79 Å². The standard InChI is InChI=1S/C22H19N3O4/c26-19-4-2-1-3-17(19)13-23-18-8-6-16(7-9-18)22(27)25-24-12-15-5-10-20-21(11-15)29-14-28-20/h1-12,23,26H,13-14H2,(H,25,27). The van der Waals surface area contributed by atoms with E-state index in [-0.39, 0.29) is 18.4 Å². The minimum absolute atomic E-state index is 0.212. The van der Waals surface area contributed by atoms with Crippen molar-refractivity contribution in [1.82, 2.24) is 5.43 Å². The summed E-state index contributed by atoms with van der Waals surface area (Å²) in [7, 11) is 0. The summed E-state index contributed by atoms with van der Waals surface area (Å²) in [6.07, 6.45) is 1.54. The molecule has 0 aliphatic carbocycles. The van der Waals surface area contributed by atoms with E-state index < -0.39 is 0 Å². The highest BCUT2D eigenvalue weighted by Crippen LogP contribution is 2.31. The summed E-state index contributed by atoms with van der Waals surface area (Å²) >= 11 is 0. The summed E-state index contributed by atoms with van der Waals surface area (Å²) in [4.78, 5) is 12.2. The summed E-state index contributed by atoms with van der Waals surface area (Å²) < 4.78 is 10.6. The topological polar surface area (TPSA) is 92.2 Å². The van der Waals surface area contributed by atoms with Crippen molar-refractivity contribution in [1.29, 1.82) is 0 Å². The van der Waals surface area contributed by atoms with E-state index in [1.807, 2.05) is 18.2 Å². The monoisotopic (exact) mass is 389 g/mol. The fourth-order valence-electron chi connectivity index (χ4n) is 2.82. The second-order valence-corrected chi connectivity index (χ2v) is 6.37. The molecule has 0 atom stereocenters. The van der Waals surface area contributed by atoms with E-state index in [4.69, 9.17) is 9.47 Å². The van der Waals surface area contributed by atoms with Crippen LogP contribution in [0, 0.1) is 0 Å². The first-order chi connectivity index (χ1) is 14.2. The van der Waals surface area contributed by atoms with Crippen molar-refractivity contribution in [2.45, 2.75) is 6.54 Å².